The van der Waals surface area contributed by atoms with E-state index >= 15 is 0 Å². The number of unbranched alkanes of at least 4 members (excludes halogenated alkanes) is 3. The number of ether oxygens (including phenoxy) is 1. The number of aliphatic carboxylic acids is 1. The van der Waals surface area contributed by atoms with Gasteiger partial charge >= 0.3 is 11.9 Å². The van der Waals surface area contributed by atoms with Gasteiger partial charge in [-0.2, -0.15) is 0 Å². The summed E-state index contributed by atoms with van der Waals surface area (Å²) >= 11 is 0. The molecule has 1 heterocycles. The number of nitrogens with zero attached hydrogens (tertiary/aromatic N) is 1. The Bertz CT molecular complexity index is 353. The molecule has 0 aliphatic carbocycles. The minimum Gasteiger partial charge on any atom is -0.481 e. The Morgan fingerprint density at radius 3 is 2.35 bits per heavy atom. The summed E-state index contributed by atoms with van der Waals surface area (Å²) in [4.78, 5) is 25.9. The summed E-state index contributed by atoms with van der Waals surface area (Å²) in [5.74, 6) is -1.36. The maximum Gasteiger partial charge on any atom is 0.310 e. The van der Waals surface area contributed by atoms with Crippen molar-refractivity contribution in [3.05, 3.63) is 0 Å². The third-order valence-corrected chi connectivity index (χ3v) is 4.60. The van der Waals surface area contributed by atoms with Gasteiger partial charge in [0.05, 0.1) is 18.9 Å². The zero-order valence-electron chi connectivity index (χ0n) is 14.8. The molecule has 0 aromatic rings. The van der Waals surface area contributed by atoms with Gasteiger partial charge in [-0.25, -0.2) is 0 Å². The summed E-state index contributed by atoms with van der Waals surface area (Å²) < 4.78 is 5.47. The zero-order chi connectivity index (χ0) is 17.1. The fourth-order valence-electron chi connectivity index (χ4n) is 3.36. The van der Waals surface area contributed by atoms with Crippen LogP contribution in [0.1, 0.15) is 71.6 Å². The van der Waals surface area contributed by atoms with Gasteiger partial charge in [-0.1, -0.05) is 39.5 Å². The predicted octanol–water partition coefficient (Wildman–Crippen LogP) is 3.47. The topological polar surface area (TPSA) is 66.8 Å². The second-order valence-electron chi connectivity index (χ2n) is 6.53. The Kier molecular flexibility index (Phi) is 9.92. The van der Waals surface area contributed by atoms with Gasteiger partial charge in [0.1, 0.15) is 0 Å². The standard InChI is InChI=1S/C18H33NO4/c1-3-5-6-9-13-23-18(22)15(10-4-2)16(14-17(20)21)19-11-7-8-12-19/h15-16H,3-14H2,1-2H3,(H,20,21). The Morgan fingerprint density at radius 2 is 1.78 bits per heavy atom. The van der Waals surface area contributed by atoms with Crippen molar-refractivity contribution in [1.29, 1.82) is 0 Å². The minimum atomic E-state index is -0.834. The first kappa shape index (κ1) is 19.9. The van der Waals surface area contributed by atoms with Crippen molar-refractivity contribution >= 4 is 11.9 Å². The highest BCUT2D eigenvalue weighted by molar-refractivity contribution is 5.75. The van der Waals surface area contributed by atoms with Crippen molar-refractivity contribution in [3.8, 4) is 0 Å². The van der Waals surface area contributed by atoms with Gasteiger partial charge < -0.3 is 9.84 Å². The summed E-state index contributed by atoms with van der Waals surface area (Å²) in [5, 5.41) is 9.24. The minimum absolute atomic E-state index is 0.0234. The zero-order valence-corrected chi connectivity index (χ0v) is 14.8. The molecular weight excluding hydrogens is 294 g/mol. The third kappa shape index (κ3) is 7.34. The average molecular weight is 327 g/mol. The molecule has 0 aromatic carbocycles. The largest absolute Gasteiger partial charge is 0.481 e. The molecule has 0 aromatic heterocycles. The van der Waals surface area contributed by atoms with Gasteiger partial charge in [0.25, 0.3) is 0 Å². The van der Waals surface area contributed by atoms with E-state index in [1.54, 1.807) is 0 Å². The number of carboxylic acids is 1. The molecule has 2 unspecified atom stereocenters. The Hall–Kier alpha value is -1.10. The van der Waals surface area contributed by atoms with Crippen LogP contribution >= 0.6 is 0 Å². The maximum atomic E-state index is 12.5. The molecule has 1 N–H and O–H groups in total. The average Bonchev–Trinajstić information content (AvgIpc) is 3.04. The van der Waals surface area contributed by atoms with E-state index in [4.69, 9.17) is 4.74 Å². The molecule has 134 valence electrons. The summed E-state index contributed by atoms with van der Waals surface area (Å²) in [7, 11) is 0. The first-order valence-corrected chi connectivity index (χ1v) is 9.22. The molecule has 0 spiro atoms. The van der Waals surface area contributed by atoms with Crippen LogP contribution in [0.4, 0.5) is 0 Å². The lowest BCUT2D eigenvalue weighted by Gasteiger charge is -2.32. The second kappa shape index (κ2) is 11.4. The summed E-state index contributed by atoms with van der Waals surface area (Å²) in [6.07, 6.45) is 8.03. The van der Waals surface area contributed by atoms with Crippen molar-refractivity contribution in [3.63, 3.8) is 0 Å². The van der Waals surface area contributed by atoms with E-state index in [9.17, 15) is 14.7 Å². The Balaban J connectivity index is 2.62. The summed E-state index contributed by atoms with van der Waals surface area (Å²) in [6, 6.07) is -0.224. The Labute approximate surface area is 140 Å². The maximum absolute atomic E-state index is 12.5. The molecule has 1 aliphatic heterocycles. The number of rotatable bonds is 12. The molecule has 1 aliphatic rings. The predicted molar refractivity (Wildman–Crippen MR) is 90.3 cm³/mol. The van der Waals surface area contributed by atoms with Crippen LogP contribution < -0.4 is 0 Å². The van der Waals surface area contributed by atoms with E-state index in [1.165, 1.54) is 0 Å². The number of hydrogen-bond donors (Lipinski definition) is 1. The first-order valence-electron chi connectivity index (χ1n) is 9.22. The van der Waals surface area contributed by atoms with Crippen LogP contribution in [0, 0.1) is 5.92 Å². The molecule has 1 fully saturated rings. The van der Waals surface area contributed by atoms with Crippen LogP contribution in [0.25, 0.3) is 0 Å². The van der Waals surface area contributed by atoms with Crippen molar-refractivity contribution < 1.29 is 19.4 Å². The molecule has 0 radical (unpaired) electrons. The molecule has 0 saturated carbocycles. The first-order chi connectivity index (χ1) is 11.1. The highest BCUT2D eigenvalue weighted by Crippen LogP contribution is 2.25. The monoisotopic (exact) mass is 327 g/mol. The van der Waals surface area contributed by atoms with Gasteiger partial charge in [-0.15, -0.1) is 0 Å². The molecule has 2 atom stereocenters. The van der Waals surface area contributed by atoms with Gasteiger partial charge in [-0.3, -0.25) is 14.5 Å². The van der Waals surface area contributed by atoms with Crippen LogP contribution in [0.15, 0.2) is 0 Å². The van der Waals surface area contributed by atoms with Gasteiger partial charge in [0.15, 0.2) is 0 Å². The number of carbonyl (C=O) groups excluding carboxylic acids is 1. The molecule has 1 saturated heterocycles. The van der Waals surface area contributed by atoms with E-state index in [-0.39, 0.29) is 24.3 Å². The van der Waals surface area contributed by atoms with E-state index in [0.29, 0.717) is 13.0 Å². The number of carboxylic acid groups (broad SMARTS) is 1. The van der Waals surface area contributed by atoms with E-state index in [0.717, 1.165) is 58.0 Å². The molecule has 0 amide bonds. The van der Waals surface area contributed by atoms with Crippen LogP contribution in [-0.2, 0) is 14.3 Å². The molecule has 0 bridgehead atoms. The normalized spacial score (nSPS) is 17.8. The number of esters is 1. The van der Waals surface area contributed by atoms with Crippen molar-refractivity contribution in [2.24, 2.45) is 5.92 Å². The SMILES string of the molecule is CCCCCCOC(=O)C(CCC)C(CC(=O)O)N1CCCC1. The van der Waals surface area contributed by atoms with Crippen LogP contribution in [0.5, 0.6) is 0 Å². The van der Waals surface area contributed by atoms with Crippen molar-refractivity contribution in [2.45, 2.75) is 77.7 Å². The van der Waals surface area contributed by atoms with Gasteiger partial charge in [-0.05, 0) is 38.8 Å². The lowest BCUT2D eigenvalue weighted by Crippen LogP contribution is -2.44. The van der Waals surface area contributed by atoms with Crippen molar-refractivity contribution in [2.75, 3.05) is 19.7 Å². The van der Waals surface area contributed by atoms with E-state index < -0.39 is 5.97 Å². The van der Waals surface area contributed by atoms with E-state index in [2.05, 4.69) is 11.8 Å². The molecular formula is C18H33NO4. The Morgan fingerprint density at radius 1 is 1.09 bits per heavy atom. The lowest BCUT2D eigenvalue weighted by molar-refractivity contribution is -0.152. The number of likely N-dealkylation sites (tertiary alicyclic amines) is 1. The molecule has 5 heteroatoms. The lowest BCUT2D eigenvalue weighted by atomic mass is 9.91. The fourth-order valence-corrected chi connectivity index (χ4v) is 3.36. The van der Waals surface area contributed by atoms with Crippen LogP contribution in [0.2, 0.25) is 0 Å². The quantitative estimate of drug-likeness (QED) is 0.439. The van der Waals surface area contributed by atoms with E-state index in [1.807, 2.05) is 6.92 Å². The third-order valence-electron chi connectivity index (χ3n) is 4.60. The van der Waals surface area contributed by atoms with Crippen molar-refractivity contribution in [1.82, 2.24) is 4.90 Å². The molecule has 23 heavy (non-hydrogen) atoms. The smallest absolute Gasteiger partial charge is 0.310 e. The highest BCUT2D eigenvalue weighted by atomic mass is 16.5. The fraction of sp³-hybridized carbons (Fsp3) is 0.889. The van der Waals surface area contributed by atoms with Gasteiger partial charge in [0, 0.05) is 6.04 Å². The summed E-state index contributed by atoms with van der Waals surface area (Å²) in [6.45, 7) is 6.42. The second-order valence-corrected chi connectivity index (χ2v) is 6.53. The summed E-state index contributed by atoms with van der Waals surface area (Å²) in [5.41, 5.74) is 0. The highest BCUT2D eigenvalue weighted by Gasteiger charge is 2.35. The number of hydrogen-bond acceptors (Lipinski definition) is 4. The molecule has 1 rings (SSSR count). The van der Waals surface area contributed by atoms with Crippen LogP contribution in [-0.4, -0.2) is 47.7 Å². The van der Waals surface area contributed by atoms with Gasteiger partial charge in [0.2, 0.25) is 0 Å². The molecule has 5 nitrogen and oxygen atoms in total. The van der Waals surface area contributed by atoms with Crippen LogP contribution in [0.3, 0.4) is 0 Å². The number of carbonyl (C=O) groups is 2.